The summed E-state index contributed by atoms with van der Waals surface area (Å²) in [6.07, 6.45) is 1.69. The van der Waals surface area contributed by atoms with E-state index in [0.29, 0.717) is 0 Å². The Bertz CT molecular complexity index is 480. The van der Waals surface area contributed by atoms with Crippen LogP contribution < -0.4 is 5.69 Å². The second-order valence-electron chi connectivity index (χ2n) is 2.78. The number of rotatable bonds is 0. The van der Waals surface area contributed by atoms with Gasteiger partial charge in [0, 0.05) is 13.2 Å². The molecule has 0 radical (unpaired) electrons. The van der Waals surface area contributed by atoms with Crippen molar-refractivity contribution in [3.8, 4) is 0 Å². The highest BCUT2D eigenvalue weighted by molar-refractivity contribution is 5.76. The van der Waals surface area contributed by atoms with Crippen LogP contribution in [0.15, 0.2) is 17.1 Å². The van der Waals surface area contributed by atoms with Crippen LogP contribution >= 0.6 is 0 Å². The van der Waals surface area contributed by atoms with Crippen LogP contribution in [0.4, 0.5) is 0 Å². The maximum atomic E-state index is 11.2. The Hall–Kier alpha value is -1.58. The van der Waals surface area contributed by atoms with E-state index in [1.807, 2.05) is 6.92 Å². The van der Waals surface area contributed by atoms with Crippen molar-refractivity contribution in [2.45, 2.75) is 6.92 Å². The molecule has 4 heteroatoms. The summed E-state index contributed by atoms with van der Waals surface area (Å²) < 4.78 is 1.57. The van der Waals surface area contributed by atoms with Crippen molar-refractivity contribution in [1.29, 1.82) is 0 Å². The van der Waals surface area contributed by atoms with E-state index in [0.717, 1.165) is 16.7 Å². The normalized spacial score (nSPS) is 10.8. The smallest absolute Gasteiger partial charge is 0.305 e. The third-order valence-corrected chi connectivity index (χ3v) is 1.99. The molecule has 0 bridgehead atoms. The molecule has 1 N–H and O–H groups in total. The number of aromatic amines is 1. The highest BCUT2D eigenvalue weighted by Crippen LogP contribution is 2.10. The molecule has 62 valence electrons. The molecule has 0 saturated heterocycles. The lowest BCUT2D eigenvalue weighted by Crippen LogP contribution is -2.12. The molecule has 0 spiro atoms. The summed E-state index contributed by atoms with van der Waals surface area (Å²) in [5, 5.41) is 0. The standard InChI is InChI=1S/C8H9N3O/c1-5-7-6(3-4-9-5)10-8(12)11(7)2/h3-4H,1-2H3,(H,10,12). The number of H-pyrrole nitrogens is 1. The second kappa shape index (κ2) is 2.20. The summed E-state index contributed by atoms with van der Waals surface area (Å²) in [5.41, 5.74) is 2.49. The topological polar surface area (TPSA) is 50.7 Å². The number of nitrogens with one attached hydrogen (secondary N) is 1. The predicted molar refractivity (Wildman–Crippen MR) is 46.1 cm³/mol. The summed E-state index contributed by atoms with van der Waals surface area (Å²) in [6.45, 7) is 1.88. The van der Waals surface area contributed by atoms with Gasteiger partial charge in [-0.05, 0) is 13.0 Å². The van der Waals surface area contributed by atoms with Gasteiger partial charge in [0.15, 0.2) is 0 Å². The molecule has 12 heavy (non-hydrogen) atoms. The highest BCUT2D eigenvalue weighted by atomic mass is 16.1. The van der Waals surface area contributed by atoms with Crippen LogP contribution in [0.3, 0.4) is 0 Å². The molecule has 0 fully saturated rings. The zero-order valence-corrected chi connectivity index (χ0v) is 6.96. The average molecular weight is 163 g/mol. The van der Waals surface area contributed by atoms with Gasteiger partial charge in [-0.15, -0.1) is 0 Å². The van der Waals surface area contributed by atoms with Gasteiger partial charge in [0.1, 0.15) is 0 Å². The predicted octanol–water partition coefficient (Wildman–Crippen LogP) is 0.570. The van der Waals surface area contributed by atoms with Crippen molar-refractivity contribution in [3.63, 3.8) is 0 Å². The number of pyridine rings is 1. The highest BCUT2D eigenvalue weighted by Gasteiger charge is 2.04. The van der Waals surface area contributed by atoms with Gasteiger partial charge in [0.05, 0.1) is 16.7 Å². The number of imidazole rings is 1. The monoisotopic (exact) mass is 163 g/mol. The maximum absolute atomic E-state index is 11.2. The molecule has 0 aliphatic carbocycles. The van der Waals surface area contributed by atoms with Crippen LogP contribution in [0.1, 0.15) is 5.69 Å². The Labute approximate surface area is 68.9 Å². The Kier molecular flexibility index (Phi) is 1.30. The Morgan fingerprint density at radius 3 is 3.00 bits per heavy atom. The molecule has 0 aromatic carbocycles. The molecule has 0 amide bonds. The minimum absolute atomic E-state index is 0.0962. The van der Waals surface area contributed by atoms with Crippen molar-refractivity contribution in [1.82, 2.24) is 14.5 Å². The minimum Gasteiger partial charge on any atom is -0.305 e. The molecule has 2 rings (SSSR count). The number of hydrogen-bond acceptors (Lipinski definition) is 2. The number of nitrogens with zero attached hydrogens (tertiary/aromatic N) is 2. The van der Waals surface area contributed by atoms with E-state index >= 15 is 0 Å². The zero-order valence-electron chi connectivity index (χ0n) is 6.96. The first-order valence-corrected chi connectivity index (χ1v) is 3.70. The molecule has 2 heterocycles. The van der Waals surface area contributed by atoms with E-state index in [1.165, 1.54) is 0 Å². The number of aryl methyl sites for hydroxylation is 2. The number of aromatic nitrogens is 3. The lowest BCUT2D eigenvalue weighted by atomic mass is 10.3. The summed E-state index contributed by atoms with van der Waals surface area (Å²) in [6, 6.07) is 1.80. The van der Waals surface area contributed by atoms with Crippen LogP contribution in [-0.4, -0.2) is 14.5 Å². The average Bonchev–Trinajstić information content (AvgIpc) is 2.29. The van der Waals surface area contributed by atoms with Gasteiger partial charge in [0.2, 0.25) is 0 Å². The van der Waals surface area contributed by atoms with Crippen LogP contribution in [0, 0.1) is 6.92 Å². The fourth-order valence-corrected chi connectivity index (χ4v) is 1.38. The zero-order chi connectivity index (χ0) is 8.72. The van der Waals surface area contributed by atoms with Gasteiger partial charge in [-0.3, -0.25) is 9.55 Å². The second-order valence-corrected chi connectivity index (χ2v) is 2.78. The van der Waals surface area contributed by atoms with Crippen LogP contribution in [0.2, 0.25) is 0 Å². The fraction of sp³-hybridized carbons (Fsp3) is 0.250. The molecule has 0 saturated carbocycles. The molecule has 0 atom stereocenters. The van der Waals surface area contributed by atoms with E-state index in [2.05, 4.69) is 9.97 Å². The van der Waals surface area contributed by atoms with E-state index < -0.39 is 0 Å². The molecule has 2 aromatic rings. The first-order valence-electron chi connectivity index (χ1n) is 3.70. The van der Waals surface area contributed by atoms with E-state index in [4.69, 9.17) is 0 Å². The van der Waals surface area contributed by atoms with Gasteiger partial charge in [-0.1, -0.05) is 0 Å². The number of fused-ring (bicyclic) bond motifs is 1. The molecular weight excluding hydrogens is 154 g/mol. The quantitative estimate of drug-likeness (QED) is 0.617. The first-order chi connectivity index (χ1) is 5.70. The van der Waals surface area contributed by atoms with Gasteiger partial charge in [-0.25, -0.2) is 4.79 Å². The molecular formula is C8H9N3O. The first kappa shape index (κ1) is 7.09. The lowest BCUT2D eigenvalue weighted by molar-refractivity contribution is 0.885. The fourth-order valence-electron chi connectivity index (χ4n) is 1.38. The molecule has 0 aliphatic rings. The molecule has 2 aromatic heterocycles. The molecule has 4 nitrogen and oxygen atoms in total. The van der Waals surface area contributed by atoms with E-state index in [-0.39, 0.29) is 5.69 Å². The Morgan fingerprint density at radius 1 is 1.58 bits per heavy atom. The SMILES string of the molecule is Cc1nccc2[nH]c(=O)n(C)c12. The van der Waals surface area contributed by atoms with Crippen molar-refractivity contribution in [2.75, 3.05) is 0 Å². The Balaban J connectivity index is 3.07. The van der Waals surface area contributed by atoms with Crippen LogP contribution in [-0.2, 0) is 7.05 Å². The van der Waals surface area contributed by atoms with Crippen LogP contribution in [0.25, 0.3) is 11.0 Å². The third kappa shape index (κ3) is 0.777. The summed E-state index contributed by atoms with van der Waals surface area (Å²) in [7, 11) is 1.73. The molecule has 0 unspecified atom stereocenters. The summed E-state index contributed by atoms with van der Waals surface area (Å²) in [5.74, 6) is 0. The van der Waals surface area contributed by atoms with E-state index in [9.17, 15) is 4.79 Å². The van der Waals surface area contributed by atoms with Crippen LogP contribution in [0.5, 0.6) is 0 Å². The van der Waals surface area contributed by atoms with Crippen molar-refractivity contribution in [3.05, 3.63) is 28.4 Å². The van der Waals surface area contributed by atoms with Crippen molar-refractivity contribution in [2.24, 2.45) is 7.05 Å². The van der Waals surface area contributed by atoms with Gasteiger partial charge >= 0.3 is 5.69 Å². The van der Waals surface area contributed by atoms with Crippen molar-refractivity contribution >= 4 is 11.0 Å². The van der Waals surface area contributed by atoms with Crippen molar-refractivity contribution < 1.29 is 0 Å². The summed E-state index contributed by atoms with van der Waals surface area (Å²) in [4.78, 5) is 18.0. The van der Waals surface area contributed by atoms with E-state index in [1.54, 1.807) is 23.9 Å². The maximum Gasteiger partial charge on any atom is 0.326 e. The lowest BCUT2D eigenvalue weighted by Gasteiger charge is -1.95. The molecule has 0 aliphatic heterocycles. The van der Waals surface area contributed by atoms with Gasteiger partial charge in [0.25, 0.3) is 0 Å². The van der Waals surface area contributed by atoms with Gasteiger partial charge in [-0.2, -0.15) is 0 Å². The largest absolute Gasteiger partial charge is 0.326 e. The Morgan fingerprint density at radius 2 is 2.33 bits per heavy atom. The van der Waals surface area contributed by atoms with Gasteiger partial charge < -0.3 is 4.98 Å². The summed E-state index contributed by atoms with van der Waals surface area (Å²) >= 11 is 0. The minimum atomic E-state index is -0.0962. The number of hydrogen-bond donors (Lipinski definition) is 1. The third-order valence-electron chi connectivity index (χ3n) is 1.99.